The number of benzene rings is 2. The number of allylic oxidation sites excluding steroid dienone is 1. The standard InChI is InChI=1S/C28H23F4N7O3/c1-27(2,3)21-13-22(39(38-21)16-6-4-5-15(11-16)28(30,31)32)36-26(41)35-19-8-7-17(12-18(19)29)42-20-9-10-33-25-24(20)34-14-23(40)37-25/h4-14,24H,1-3H3,(H2,35,36,41). The van der Waals surface area contributed by atoms with Crippen LogP contribution in [0, 0.1) is 5.82 Å². The number of urea groups is 1. The Balaban J connectivity index is 1.33. The third kappa shape index (κ3) is 6.11. The fourth-order valence-corrected chi connectivity index (χ4v) is 3.99. The predicted molar refractivity (Wildman–Crippen MR) is 148 cm³/mol. The van der Waals surface area contributed by atoms with E-state index in [0.29, 0.717) is 5.69 Å². The molecule has 2 N–H and O–H groups in total. The van der Waals surface area contributed by atoms with Crippen LogP contribution < -0.4 is 15.4 Å². The van der Waals surface area contributed by atoms with Crippen LogP contribution in [0.5, 0.6) is 5.75 Å². The lowest BCUT2D eigenvalue weighted by molar-refractivity contribution is -0.137. The third-order valence-corrected chi connectivity index (χ3v) is 6.08. The van der Waals surface area contributed by atoms with E-state index >= 15 is 0 Å². The molecular formula is C28H23F4N7O3. The Bertz CT molecular complexity index is 1700. The monoisotopic (exact) mass is 581 g/mol. The molecular weight excluding hydrogens is 558 g/mol. The van der Waals surface area contributed by atoms with Gasteiger partial charge in [0.1, 0.15) is 23.1 Å². The fourth-order valence-electron chi connectivity index (χ4n) is 3.99. The SMILES string of the molecule is CC(C)(C)c1cc(NC(=O)Nc2ccc(OC3=CC=NC4=NC(=O)C=NC34)cc2F)n(-c2cccc(C(F)(F)F)c2)n1. The summed E-state index contributed by atoms with van der Waals surface area (Å²) in [4.78, 5) is 36.1. The van der Waals surface area contributed by atoms with Gasteiger partial charge < -0.3 is 10.1 Å². The van der Waals surface area contributed by atoms with Gasteiger partial charge in [0.15, 0.2) is 11.9 Å². The van der Waals surface area contributed by atoms with Gasteiger partial charge in [-0.3, -0.25) is 15.1 Å². The van der Waals surface area contributed by atoms with Crippen LogP contribution in [0.3, 0.4) is 0 Å². The summed E-state index contributed by atoms with van der Waals surface area (Å²) in [7, 11) is 0. The number of nitrogens with one attached hydrogen (secondary N) is 2. The van der Waals surface area contributed by atoms with E-state index in [1.807, 2.05) is 20.8 Å². The first-order valence-corrected chi connectivity index (χ1v) is 12.5. The van der Waals surface area contributed by atoms with Crippen LogP contribution in [-0.2, 0) is 16.4 Å². The van der Waals surface area contributed by atoms with Crippen molar-refractivity contribution in [1.29, 1.82) is 0 Å². The lowest BCUT2D eigenvalue weighted by atomic mass is 9.92. The van der Waals surface area contributed by atoms with E-state index in [0.717, 1.165) is 24.4 Å². The number of fused-ring (bicyclic) bond motifs is 1. The Morgan fingerprint density at radius 3 is 2.55 bits per heavy atom. The zero-order valence-electron chi connectivity index (χ0n) is 22.4. The van der Waals surface area contributed by atoms with Gasteiger partial charge in [-0.15, -0.1) is 0 Å². The highest BCUT2D eigenvalue weighted by molar-refractivity contribution is 6.32. The average Bonchev–Trinajstić information content (AvgIpc) is 3.34. The molecule has 1 unspecified atom stereocenters. The first-order valence-electron chi connectivity index (χ1n) is 12.5. The van der Waals surface area contributed by atoms with Crippen LogP contribution in [0.4, 0.5) is 33.9 Å². The molecule has 14 heteroatoms. The van der Waals surface area contributed by atoms with Crippen molar-refractivity contribution in [2.45, 2.75) is 38.4 Å². The summed E-state index contributed by atoms with van der Waals surface area (Å²) in [5.41, 5.74) is -0.984. The average molecular weight is 582 g/mol. The number of dihydropyridines is 1. The van der Waals surface area contributed by atoms with Gasteiger partial charge in [-0.1, -0.05) is 26.8 Å². The third-order valence-electron chi connectivity index (χ3n) is 6.08. The number of carbonyl (C=O) groups excluding carboxylic acids is 2. The topological polar surface area (TPSA) is 122 Å². The number of amides is 3. The molecule has 5 rings (SSSR count). The molecule has 0 fully saturated rings. The van der Waals surface area contributed by atoms with Crippen LogP contribution in [-0.4, -0.2) is 46.0 Å². The number of aliphatic imine (C=N–C) groups is 3. The van der Waals surface area contributed by atoms with Crippen molar-refractivity contribution in [3.63, 3.8) is 0 Å². The Morgan fingerprint density at radius 1 is 1.05 bits per heavy atom. The Hall–Kier alpha value is -5.14. The molecule has 3 amide bonds. The summed E-state index contributed by atoms with van der Waals surface area (Å²) in [6, 6.07) is 8.16. The maximum absolute atomic E-state index is 15.0. The van der Waals surface area contributed by atoms with Gasteiger partial charge in [-0.25, -0.2) is 18.9 Å². The quantitative estimate of drug-likeness (QED) is 0.376. The van der Waals surface area contributed by atoms with Crippen LogP contribution >= 0.6 is 0 Å². The molecule has 3 aromatic rings. The maximum atomic E-state index is 15.0. The second kappa shape index (κ2) is 10.7. The number of carbonyl (C=O) groups is 2. The van der Waals surface area contributed by atoms with Crippen LogP contribution in [0.15, 0.2) is 75.3 Å². The van der Waals surface area contributed by atoms with Crippen molar-refractivity contribution in [1.82, 2.24) is 9.78 Å². The molecule has 2 aliphatic heterocycles. The Morgan fingerprint density at radius 2 is 1.83 bits per heavy atom. The summed E-state index contributed by atoms with van der Waals surface area (Å²) < 4.78 is 61.9. The largest absolute Gasteiger partial charge is 0.459 e. The summed E-state index contributed by atoms with van der Waals surface area (Å²) >= 11 is 0. The van der Waals surface area contributed by atoms with E-state index < -0.39 is 41.0 Å². The van der Waals surface area contributed by atoms with Crippen LogP contribution in [0.25, 0.3) is 5.69 Å². The molecule has 10 nitrogen and oxygen atoms in total. The van der Waals surface area contributed by atoms with Gasteiger partial charge in [-0.2, -0.15) is 23.3 Å². The molecule has 3 heterocycles. The zero-order chi connectivity index (χ0) is 30.2. The van der Waals surface area contributed by atoms with Crippen molar-refractivity contribution in [2.24, 2.45) is 15.0 Å². The smallest absolute Gasteiger partial charge is 0.416 e. The molecule has 0 radical (unpaired) electrons. The van der Waals surface area contributed by atoms with Gasteiger partial charge in [-0.05, 0) is 36.4 Å². The highest BCUT2D eigenvalue weighted by Crippen LogP contribution is 2.32. The minimum Gasteiger partial charge on any atom is -0.459 e. The number of ether oxygens (including phenoxy) is 1. The normalized spacial score (nSPS) is 16.5. The van der Waals surface area contributed by atoms with Gasteiger partial charge in [0.2, 0.25) is 0 Å². The molecule has 2 aliphatic rings. The predicted octanol–water partition coefficient (Wildman–Crippen LogP) is 5.70. The summed E-state index contributed by atoms with van der Waals surface area (Å²) in [5.74, 6) is -0.800. The van der Waals surface area contributed by atoms with Gasteiger partial charge in [0.25, 0.3) is 5.91 Å². The van der Waals surface area contributed by atoms with Gasteiger partial charge in [0, 0.05) is 23.8 Å². The molecule has 0 bridgehead atoms. The molecule has 0 spiro atoms. The molecule has 42 heavy (non-hydrogen) atoms. The molecule has 0 saturated heterocycles. The molecule has 1 atom stereocenters. The van der Waals surface area contributed by atoms with E-state index in [9.17, 15) is 27.2 Å². The minimum absolute atomic E-state index is 0.0743. The van der Waals surface area contributed by atoms with E-state index in [1.54, 1.807) is 0 Å². The minimum atomic E-state index is -4.58. The van der Waals surface area contributed by atoms with E-state index in [1.165, 1.54) is 47.3 Å². The Kier molecular flexibility index (Phi) is 7.22. The second-order valence-corrected chi connectivity index (χ2v) is 10.3. The summed E-state index contributed by atoms with van der Waals surface area (Å²) in [5, 5.41) is 9.34. The summed E-state index contributed by atoms with van der Waals surface area (Å²) in [6.07, 6.45) is -0.645. The fraction of sp³-hybridized carbons (Fsp3) is 0.214. The number of hydrogen-bond donors (Lipinski definition) is 2. The number of rotatable bonds is 5. The highest BCUT2D eigenvalue weighted by Gasteiger charge is 2.31. The molecule has 2 aromatic carbocycles. The lowest BCUT2D eigenvalue weighted by Gasteiger charge is -2.20. The van der Waals surface area contributed by atoms with E-state index in [4.69, 9.17) is 4.74 Å². The van der Waals surface area contributed by atoms with Crippen molar-refractivity contribution >= 4 is 41.7 Å². The van der Waals surface area contributed by atoms with E-state index in [-0.39, 0.29) is 34.5 Å². The highest BCUT2D eigenvalue weighted by atomic mass is 19.4. The number of alkyl halides is 3. The number of amidine groups is 1. The van der Waals surface area contributed by atoms with Gasteiger partial charge in [0.05, 0.1) is 28.8 Å². The second-order valence-electron chi connectivity index (χ2n) is 10.3. The lowest BCUT2D eigenvalue weighted by Crippen LogP contribution is -2.30. The van der Waals surface area contributed by atoms with Crippen molar-refractivity contribution in [3.8, 4) is 11.4 Å². The first kappa shape index (κ1) is 28.4. The zero-order valence-corrected chi connectivity index (χ0v) is 22.4. The number of aromatic nitrogens is 2. The summed E-state index contributed by atoms with van der Waals surface area (Å²) in [6.45, 7) is 5.58. The van der Waals surface area contributed by atoms with Crippen molar-refractivity contribution in [3.05, 3.63) is 77.4 Å². The van der Waals surface area contributed by atoms with Crippen molar-refractivity contribution < 1.29 is 31.9 Å². The number of nitrogens with zero attached hydrogens (tertiary/aromatic N) is 5. The number of anilines is 2. The van der Waals surface area contributed by atoms with Gasteiger partial charge >= 0.3 is 12.2 Å². The molecule has 0 aliphatic carbocycles. The van der Waals surface area contributed by atoms with Crippen molar-refractivity contribution in [2.75, 3.05) is 10.6 Å². The molecule has 1 aromatic heterocycles. The van der Waals surface area contributed by atoms with E-state index in [2.05, 4.69) is 30.7 Å². The Labute approximate surface area is 236 Å². The van der Waals surface area contributed by atoms with Crippen LogP contribution in [0.1, 0.15) is 32.0 Å². The molecule has 216 valence electrons. The number of hydrogen-bond acceptors (Lipinski definition) is 6. The van der Waals surface area contributed by atoms with Crippen LogP contribution in [0.2, 0.25) is 0 Å². The molecule has 0 saturated carbocycles. The maximum Gasteiger partial charge on any atom is 0.416 e. The first-order chi connectivity index (χ1) is 19.8. The number of halogens is 4.